The molecule has 0 fully saturated rings. The Morgan fingerprint density at radius 2 is 1.70 bits per heavy atom. The number of hydrogen-bond donors (Lipinski definition) is 2. The first-order chi connectivity index (χ1) is 13.8. The van der Waals surface area contributed by atoms with Crippen molar-refractivity contribution >= 4 is 27.7 Å². The number of carbonyl (C=O) groups excluding carboxylic acids is 1. The standard InChI is InChI=1S/C23H29FN2O3S/c1-15(13-17-7-10-19(11-8-17)23(3,4)5)22(27)25-16(2)18-9-12-21(20(24)14-18)26-30(6,28)29/h7-14,16,26H,1-6H3,(H,25,27)/b15-13+/t16-/m1/s1. The lowest BCUT2D eigenvalue weighted by Crippen LogP contribution is -2.27. The number of anilines is 1. The Morgan fingerprint density at radius 3 is 2.20 bits per heavy atom. The van der Waals surface area contributed by atoms with E-state index in [1.807, 2.05) is 12.1 Å². The Kier molecular flexibility index (Phi) is 7.08. The van der Waals surface area contributed by atoms with Gasteiger partial charge in [0.15, 0.2) is 0 Å². The molecule has 7 heteroatoms. The molecule has 0 aliphatic rings. The van der Waals surface area contributed by atoms with Gasteiger partial charge in [-0.15, -0.1) is 0 Å². The topological polar surface area (TPSA) is 75.3 Å². The van der Waals surface area contributed by atoms with Crippen LogP contribution in [-0.4, -0.2) is 20.6 Å². The maximum absolute atomic E-state index is 14.2. The SMILES string of the molecule is C/C(=C\c1ccc(C(C)(C)C)cc1)C(=O)N[C@H](C)c1ccc(NS(C)(=O)=O)c(F)c1. The normalized spacial score (nSPS) is 13.6. The molecule has 5 nitrogen and oxygen atoms in total. The fraction of sp³-hybridized carbons (Fsp3) is 0.348. The van der Waals surface area contributed by atoms with E-state index < -0.39 is 21.9 Å². The van der Waals surface area contributed by atoms with Gasteiger partial charge in [0.05, 0.1) is 18.0 Å². The molecule has 1 atom stereocenters. The summed E-state index contributed by atoms with van der Waals surface area (Å²) in [7, 11) is -3.57. The Morgan fingerprint density at radius 1 is 1.10 bits per heavy atom. The minimum Gasteiger partial charge on any atom is -0.346 e. The van der Waals surface area contributed by atoms with Crippen LogP contribution in [0.5, 0.6) is 0 Å². The van der Waals surface area contributed by atoms with Crippen LogP contribution in [0.25, 0.3) is 6.08 Å². The van der Waals surface area contributed by atoms with E-state index in [2.05, 4.69) is 42.9 Å². The molecule has 0 spiro atoms. The zero-order valence-electron chi connectivity index (χ0n) is 18.2. The van der Waals surface area contributed by atoms with Gasteiger partial charge in [0.2, 0.25) is 15.9 Å². The van der Waals surface area contributed by atoms with Crippen molar-refractivity contribution in [3.05, 3.63) is 70.5 Å². The minimum atomic E-state index is -3.57. The van der Waals surface area contributed by atoms with Gasteiger partial charge in [0.1, 0.15) is 5.82 Å². The molecule has 0 saturated heterocycles. The summed E-state index contributed by atoms with van der Waals surface area (Å²) in [6.45, 7) is 9.89. The smallest absolute Gasteiger partial charge is 0.247 e. The van der Waals surface area contributed by atoms with Gasteiger partial charge < -0.3 is 5.32 Å². The van der Waals surface area contributed by atoms with Gasteiger partial charge in [-0.3, -0.25) is 9.52 Å². The van der Waals surface area contributed by atoms with Crippen molar-refractivity contribution in [2.24, 2.45) is 0 Å². The van der Waals surface area contributed by atoms with Crippen LogP contribution in [0.1, 0.15) is 57.4 Å². The van der Waals surface area contributed by atoms with Crippen molar-refractivity contribution in [1.29, 1.82) is 0 Å². The fourth-order valence-electron chi connectivity index (χ4n) is 2.87. The summed E-state index contributed by atoms with van der Waals surface area (Å²) in [6, 6.07) is 11.7. The second-order valence-corrected chi connectivity index (χ2v) is 10.3. The predicted molar refractivity (Wildman–Crippen MR) is 120 cm³/mol. The van der Waals surface area contributed by atoms with E-state index in [4.69, 9.17) is 0 Å². The highest BCUT2D eigenvalue weighted by Crippen LogP contribution is 2.23. The molecule has 0 aromatic heterocycles. The lowest BCUT2D eigenvalue weighted by Gasteiger charge is -2.19. The average Bonchev–Trinajstić information content (AvgIpc) is 2.61. The van der Waals surface area contributed by atoms with Gasteiger partial charge in [0, 0.05) is 5.57 Å². The summed E-state index contributed by atoms with van der Waals surface area (Å²) >= 11 is 0. The molecule has 0 aliphatic heterocycles. The zero-order chi connectivity index (χ0) is 22.7. The van der Waals surface area contributed by atoms with Crippen LogP contribution in [0.15, 0.2) is 48.0 Å². The van der Waals surface area contributed by atoms with Crippen molar-refractivity contribution in [2.45, 2.75) is 46.1 Å². The number of amides is 1. The van der Waals surface area contributed by atoms with Gasteiger partial charge in [-0.25, -0.2) is 12.8 Å². The Hall–Kier alpha value is -2.67. The molecule has 1 amide bonds. The Bertz CT molecular complexity index is 1050. The molecule has 2 aromatic rings. The second-order valence-electron chi connectivity index (χ2n) is 8.51. The molecule has 0 bridgehead atoms. The first-order valence-electron chi connectivity index (χ1n) is 9.63. The first kappa shape index (κ1) is 23.6. The second kappa shape index (κ2) is 9.00. The average molecular weight is 433 g/mol. The van der Waals surface area contributed by atoms with E-state index in [-0.39, 0.29) is 17.0 Å². The number of hydrogen-bond acceptors (Lipinski definition) is 3. The maximum atomic E-state index is 14.2. The van der Waals surface area contributed by atoms with Gasteiger partial charge in [-0.05, 0) is 54.2 Å². The summed E-state index contributed by atoms with van der Waals surface area (Å²) in [6.07, 6.45) is 2.75. The van der Waals surface area contributed by atoms with E-state index in [0.717, 1.165) is 11.8 Å². The van der Waals surface area contributed by atoms with Crippen molar-refractivity contribution in [1.82, 2.24) is 5.32 Å². The van der Waals surface area contributed by atoms with Crippen molar-refractivity contribution in [3.8, 4) is 0 Å². The maximum Gasteiger partial charge on any atom is 0.247 e. The molecule has 0 saturated carbocycles. The number of halogens is 1. The van der Waals surface area contributed by atoms with Crippen LogP contribution in [0.2, 0.25) is 0 Å². The van der Waals surface area contributed by atoms with Crippen LogP contribution < -0.4 is 10.0 Å². The molecule has 2 N–H and O–H groups in total. The predicted octanol–water partition coefficient (Wildman–Crippen LogP) is 4.78. The van der Waals surface area contributed by atoms with Gasteiger partial charge in [0.25, 0.3) is 0 Å². The van der Waals surface area contributed by atoms with Crippen molar-refractivity contribution in [3.63, 3.8) is 0 Å². The van der Waals surface area contributed by atoms with Crippen molar-refractivity contribution < 1.29 is 17.6 Å². The third-order valence-electron chi connectivity index (χ3n) is 4.65. The monoisotopic (exact) mass is 432 g/mol. The molecule has 0 aliphatic carbocycles. The zero-order valence-corrected chi connectivity index (χ0v) is 19.0. The van der Waals surface area contributed by atoms with Crippen LogP contribution >= 0.6 is 0 Å². The third-order valence-corrected chi connectivity index (χ3v) is 5.24. The number of sulfonamides is 1. The molecule has 162 valence electrons. The number of carbonyl (C=O) groups is 1. The number of nitrogens with one attached hydrogen (secondary N) is 2. The van der Waals surface area contributed by atoms with E-state index in [0.29, 0.717) is 11.1 Å². The molecule has 30 heavy (non-hydrogen) atoms. The van der Waals surface area contributed by atoms with Crippen LogP contribution in [0.3, 0.4) is 0 Å². The van der Waals surface area contributed by atoms with E-state index >= 15 is 0 Å². The summed E-state index contributed by atoms with van der Waals surface area (Å²) in [5.41, 5.74) is 3.13. The largest absolute Gasteiger partial charge is 0.346 e. The van der Waals surface area contributed by atoms with Gasteiger partial charge in [-0.1, -0.05) is 51.1 Å². The summed E-state index contributed by atoms with van der Waals surface area (Å²) in [4.78, 5) is 12.5. The molecule has 0 heterocycles. The van der Waals surface area contributed by atoms with Crippen LogP contribution in [-0.2, 0) is 20.2 Å². The van der Waals surface area contributed by atoms with E-state index in [1.165, 1.54) is 17.7 Å². The highest BCUT2D eigenvalue weighted by atomic mass is 32.2. The fourth-order valence-corrected chi connectivity index (χ4v) is 3.44. The minimum absolute atomic E-state index is 0.0613. The summed E-state index contributed by atoms with van der Waals surface area (Å²) < 4.78 is 38.8. The quantitative estimate of drug-likeness (QED) is 0.646. The molecular weight excluding hydrogens is 403 g/mol. The molecular formula is C23H29FN2O3S. The highest BCUT2D eigenvalue weighted by molar-refractivity contribution is 7.92. The van der Waals surface area contributed by atoms with Gasteiger partial charge in [-0.2, -0.15) is 0 Å². The number of benzene rings is 2. The Balaban J connectivity index is 2.09. The molecule has 0 unspecified atom stereocenters. The molecule has 0 radical (unpaired) electrons. The van der Waals surface area contributed by atoms with E-state index in [9.17, 15) is 17.6 Å². The number of rotatable bonds is 6. The molecule has 2 rings (SSSR count). The lowest BCUT2D eigenvalue weighted by atomic mass is 9.86. The van der Waals surface area contributed by atoms with Crippen LogP contribution in [0.4, 0.5) is 10.1 Å². The third kappa shape index (κ3) is 6.69. The lowest BCUT2D eigenvalue weighted by molar-refractivity contribution is -0.118. The Labute approximate surface area is 178 Å². The summed E-state index contributed by atoms with van der Waals surface area (Å²) in [5.74, 6) is -0.966. The molecule has 2 aromatic carbocycles. The first-order valence-corrected chi connectivity index (χ1v) is 11.5. The highest BCUT2D eigenvalue weighted by Gasteiger charge is 2.15. The van der Waals surface area contributed by atoms with Crippen LogP contribution in [0, 0.1) is 5.82 Å². The summed E-state index contributed by atoms with van der Waals surface area (Å²) in [5, 5.41) is 2.83. The van der Waals surface area contributed by atoms with Gasteiger partial charge >= 0.3 is 0 Å². The van der Waals surface area contributed by atoms with Crippen molar-refractivity contribution in [2.75, 3.05) is 11.0 Å². The van der Waals surface area contributed by atoms with E-state index in [1.54, 1.807) is 26.0 Å².